The van der Waals surface area contributed by atoms with Crippen LogP contribution in [0.5, 0.6) is 0 Å². The molecule has 0 unspecified atom stereocenters. The summed E-state index contributed by atoms with van der Waals surface area (Å²) < 4.78 is 1.81. The van der Waals surface area contributed by atoms with Crippen molar-refractivity contribution in [1.29, 1.82) is 0 Å². The monoisotopic (exact) mass is 190 g/mol. The quantitative estimate of drug-likeness (QED) is 0.642. The minimum absolute atomic E-state index is 0.0173. The lowest BCUT2D eigenvalue weighted by molar-refractivity contribution is 0.832. The highest BCUT2D eigenvalue weighted by Crippen LogP contribution is 2.15. The maximum absolute atomic E-state index is 11.4. The third-order valence-electron chi connectivity index (χ3n) is 2.25. The van der Waals surface area contributed by atoms with Crippen molar-refractivity contribution in [2.75, 3.05) is 5.73 Å². The Labute approximate surface area is 80.6 Å². The van der Waals surface area contributed by atoms with E-state index in [9.17, 15) is 4.79 Å². The molecular weight excluding hydrogens is 180 g/mol. The predicted octanol–water partition coefficient (Wildman–Crippen LogP) is 0.171. The van der Waals surface area contributed by atoms with Gasteiger partial charge in [0.15, 0.2) is 0 Å². The smallest absolute Gasteiger partial charge is 0.284 e. The predicted molar refractivity (Wildman–Crippen MR) is 53.0 cm³/mol. The van der Waals surface area contributed by atoms with Gasteiger partial charge in [-0.2, -0.15) is 9.97 Å². The van der Waals surface area contributed by atoms with Crippen LogP contribution in [0.25, 0.3) is 11.4 Å². The van der Waals surface area contributed by atoms with Crippen molar-refractivity contribution in [3.8, 4) is 11.4 Å². The molecule has 0 atom stereocenters. The molecule has 0 aromatic carbocycles. The first-order valence-electron chi connectivity index (χ1n) is 4.19. The Kier molecular flexibility index (Phi) is 1.73. The van der Waals surface area contributed by atoms with Crippen LogP contribution in [0.2, 0.25) is 0 Å². The van der Waals surface area contributed by atoms with Crippen molar-refractivity contribution in [1.82, 2.24) is 14.5 Å². The Morgan fingerprint density at radius 1 is 1.36 bits per heavy atom. The number of hydrogen-bond acceptors (Lipinski definition) is 4. The zero-order chi connectivity index (χ0) is 10.3. The molecule has 0 bridgehead atoms. The van der Waals surface area contributed by atoms with Crippen molar-refractivity contribution in [2.24, 2.45) is 7.05 Å². The van der Waals surface area contributed by atoms with Crippen LogP contribution in [0.1, 0.15) is 5.69 Å². The first kappa shape index (κ1) is 8.68. The van der Waals surface area contributed by atoms with E-state index in [-0.39, 0.29) is 11.5 Å². The summed E-state index contributed by atoms with van der Waals surface area (Å²) in [7, 11) is 1.84. The molecule has 0 saturated heterocycles. The van der Waals surface area contributed by atoms with E-state index in [2.05, 4.69) is 9.97 Å². The van der Waals surface area contributed by atoms with Crippen LogP contribution in [-0.2, 0) is 7.05 Å². The molecule has 14 heavy (non-hydrogen) atoms. The molecule has 5 heteroatoms. The third kappa shape index (κ3) is 1.14. The Balaban J connectivity index is 2.94. The molecule has 0 amide bonds. The van der Waals surface area contributed by atoms with Crippen molar-refractivity contribution in [3.05, 3.63) is 28.2 Å². The van der Waals surface area contributed by atoms with Crippen LogP contribution in [-0.4, -0.2) is 14.5 Å². The summed E-state index contributed by atoms with van der Waals surface area (Å²) in [5, 5.41) is 0. The fourth-order valence-corrected chi connectivity index (χ4v) is 1.34. The molecule has 5 nitrogen and oxygen atoms in total. The Morgan fingerprint density at radius 2 is 2.07 bits per heavy atom. The van der Waals surface area contributed by atoms with E-state index in [1.807, 2.05) is 24.6 Å². The van der Waals surface area contributed by atoms with Gasteiger partial charge in [-0.3, -0.25) is 4.79 Å². The highest BCUT2D eigenvalue weighted by Gasteiger charge is 2.12. The van der Waals surface area contributed by atoms with Gasteiger partial charge in [-0.25, -0.2) is 0 Å². The highest BCUT2D eigenvalue weighted by atomic mass is 16.1. The largest absolute Gasteiger partial charge is 0.368 e. The molecular formula is C9H10N4O. The first-order chi connectivity index (χ1) is 6.59. The van der Waals surface area contributed by atoms with E-state index in [1.54, 1.807) is 6.07 Å². The average molecular weight is 190 g/mol. The second-order valence-electron chi connectivity index (χ2n) is 3.16. The van der Waals surface area contributed by atoms with Crippen LogP contribution in [0.4, 0.5) is 5.95 Å². The van der Waals surface area contributed by atoms with Gasteiger partial charge in [0.25, 0.3) is 5.56 Å². The van der Waals surface area contributed by atoms with Crippen LogP contribution in [0.3, 0.4) is 0 Å². The number of aryl methyl sites for hydroxylation is 1. The number of anilines is 1. The van der Waals surface area contributed by atoms with E-state index in [0.717, 1.165) is 5.69 Å². The van der Waals surface area contributed by atoms with Crippen LogP contribution >= 0.6 is 0 Å². The summed E-state index contributed by atoms with van der Waals surface area (Å²) in [5.41, 5.74) is 6.58. The highest BCUT2D eigenvalue weighted by molar-refractivity contribution is 5.57. The molecule has 0 aromatic rings. The Morgan fingerprint density at radius 3 is 2.79 bits per heavy atom. The fourth-order valence-electron chi connectivity index (χ4n) is 1.34. The summed E-state index contributed by atoms with van der Waals surface area (Å²) in [6, 6.07) is 3.57. The zero-order valence-electron chi connectivity index (χ0n) is 7.98. The van der Waals surface area contributed by atoms with Gasteiger partial charge in [0.2, 0.25) is 5.95 Å². The van der Waals surface area contributed by atoms with Crippen LogP contribution < -0.4 is 11.3 Å². The number of nitrogens with zero attached hydrogens (tertiary/aromatic N) is 3. The van der Waals surface area contributed by atoms with Gasteiger partial charge in [-0.1, -0.05) is 0 Å². The topological polar surface area (TPSA) is 73.8 Å². The minimum Gasteiger partial charge on any atom is -0.368 e. The molecule has 0 aliphatic carbocycles. The van der Waals surface area contributed by atoms with Crippen molar-refractivity contribution in [3.63, 3.8) is 0 Å². The van der Waals surface area contributed by atoms with Gasteiger partial charge < -0.3 is 10.3 Å². The van der Waals surface area contributed by atoms with Gasteiger partial charge >= 0.3 is 0 Å². The number of aromatic nitrogens is 3. The Hall–Kier alpha value is -1.91. The molecule has 2 aliphatic rings. The molecule has 0 spiro atoms. The van der Waals surface area contributed by atoms with Crippen molar-refractivity contribution in [2.45, 2.75) is 6.92 Å². The Bertz CT molecular complexity index is 517. The molecule has 0 saturated carbocycles. The van der Waals surface area contributed by atoms with Gasteiger partial charge in [0.05, 0.1) is 5.56 Å². The van der Waals surface area contributed by atoms with Crippen molar-refractivity contribution >= 4 is 5.95 Å². The molecule has 2 N–H and O–H groups in total. The van der Waals surface area contributed by atoms with Gasteiger partial charge in [-0.15, -0.1) is 0 Å². The van der Waals surface area contributed by atoms with Gasteiger partial charge in [0, 0.05) is 12.7 Å². The minimum atomic E-state index is -0.330. The van der Waals surface area contributed by atoms with Gasteiger partial charge in [0.1, 0.15) is 5.82 Å². The number of nitrogen functional groups attached to an aromatic ring is 1. The second-order valence-corrected chi connectivity index (χ2v) is 3.16. The summed E-state index contributed by atoms with van der Waals surface area (Å²) in [6.45, 7) is 1.93. The number of hydrogen-bond donors (Lipinski definition) is 1. The lowest BCUT2D eigenvalue weighted by atomic mass is 10.2. The number of fused-ring (bicyclic) bond motifs is 1. The van der Waals surface area contributed by atoms with Crippen LogP contribution in [0.15, 0.2) is 16.9 Å². The summed E-state index contributed by atoms with van der Waals surface area (Å²) in [4.78, 5) is 19.0. The molecule has 0 fully saturated rings. The lowest BCUT2D eigenvalue weighted by Crippen LogP contribution is -2.18. The molecule has 2 aliphatic heterocycles. The average Bonchev–Trinajstić information content (AvgIpc) is 2.12. The summed E-state index contributed by atoms with van der Waals surface area (Å²) in [6.07, 6.45) is 0. The number of nitrogens with two attached hydrogens (primary N) is 1. The standard InChI is InChI=1S/C9H10N4O/c1-5-3-4-6-7(13(5)2)11-9(10)12-8(6)14/h3-4H,1-2H3,(H2,10,12,14). The van der Waals surface area contributed by atoms with E-state index < -0.39 is 0 Å². The zero-order valence-corrected chi connectivity index (χ0v) is 7.98. The van der Waals surface area contributed by atoms with E-state index in [4.69, 9.17) is 5.73 Å². The van der Waals surface area contributed by atoms with E-state index in [1.165, 1.54) is 0 Å². The van der Waals surface area contributed by atoms with Gasteiger partial charge in [-0.05, 0) is 19.1 Å². The summed E-state index contributed by atoms with van der Waals surface area (Å²) >= 11 is 0. The maximum Gasteiger partial charge on any atom is 0.284 e. The maximum atomic E-state index is 11.4. The normalized spacial score (nSPS) is 10.7. The number of pyridine rings is 1. The molecule has 72 valence electrons. The molecule has 2 rings (SSSR count). The second kappa shape index (κ2) is 2.80. The van der Waals surface area contributed by atoms with E-state index in [0.29, 0.717) is 11.4 Å². The third-order valence-corrected chi connectivity index (χ3v) is 2.25. The summed E-state index contributed by atoms with van der Waals surface area (Å²) in [5.74, 6) is 0.589. The number of rotatable bonds is 0. The molecule has 2 heterocycles. The molecule has 0 radical (unpaired) electrons. The fraction of sp³-hybridized carbons (Fsp3) is 0.222. The van der Waals surface area contributed by atoms with Crippen LogP contribution in [0, 0.1) is 6.92 Å². The van der Waals surface area contributed by atoms with E-state index >= 15 is 0 Å². The SMILES string of the molecule is Cc1ccc2c(=O)nc(N)nc-2n1C. The van der Waals surface area contributed by atoms with Crippen molar-refractivity contribution < 1.29 is 0 Å². The lowest BCUT2D eigenvalue weighted by Gasteiger charge is -2.11. The first-order valence-corrected chi connectivity index (χ1v) is 4.19. The molecule has 0 aromatic heterocycles.